The number of benzene rings is 1. The van der Waals surface area contributed by atoms with Crippen molar-refractivity contribution in [1.29, 1.82) is 0 Å². The molecule has 14 heavy (non-hydrogen) atoms. The fourth-order valence-corrected chi connectivity index (χ4v) is 0.950. The van der Waals surface area contributed by atoms with E-state index in [2.05, 4.69) is 0 Å². The molecule has 0 aliphatic carbocycles. The summed E-state index contributed by atoms with van der Waals surface area (Å²) in [6, 6.07) is 2.41. The smallest absolute Gasteiger partial charge is 0.272 e. The van der Waals surface area contributed by atoms with Gasteiger partial charge in [0.05, 0.1) is 0 Å². The van der Waals surface area contributed by atoms with Crippen molar-refractivity contribution < 1.29 is 18.1 Å². The maximum Gasteiger partial charge on any atom is 0.380 e. The molecule has 5 heteroatoms. The molecule has 0 heterocycles. The normalized spacial score (nSPS) is 11.1. The minimum atomic E-state index is -3.91. The molecule has 0 spiro atoms. The summed E-state index contributed by atoms with van der Waals surface area (Å²) in [5, 5.41) is -1.08. The minimum Gasteiger partial charge on any atom is -0.272 e. The summed E-state index contributed by atoms with van der Waals surface area (Å²) in [5.74, 6) is -1.33. The molecule has 0 saturated carbocycles. The highest BCUT2D eigenvalue weighted by Crippen LogP contribution is 2.32. The SMILES string of the molecule is CC(=O)N(F)C(F)(F)c1ccccc1. The molecule has 1 aromatic carbocycles. The van der Waals surface area contributed by atoms with Crippen molar-refractivity contribution in [2.75, 3.05) is 0 Å². The van der Waals surface area contributed by atoms with E-state index in [-0.39, 0.29) is 0 Å². The summed E-state index contributed by atoms with van der Waals surface area (Å²) >= 11 is 0. The number of hydrogen-bond acceptors (Lipinski definition) is 1. The van der Waals surface area contributed by atoms with Gasteiger partial charge in [0, 0.05) is 12.5 Å². The van der Waals surface area contributed by atoms with Crippen molar-refractivity contribution in [3.8, 4) is 0 Å². The summed E-state index contributed by atoms with van der Waals surface area (Å²) < 4.78 is 39.0. The predicted octanol–water partition coefficient (Wildman–Crippen LogP) is 2.47. The highest BCUT2D eigenvalue weighted by Gasteiger charge is 2.42. The number of rotatable bonds is 2. The monoisotopic (exact) mass is 203 g/mol. The van der Waals surface area contributed by atoms with Crippen molar-refractivity contribution in [3.05, 3.63) is 35.9 Å². The second kappa shape index (κ2) is 3.69. The Labute approximate surface area is 78.9 Å². The Morgan fingerprint density at radius 1 is 1.29 bits per heavy atom. The Hall–Kier alpha value is -1.52. The van der Waals surface area contributed by atoms with Crippen molar-refractivity contribution >= 4 is 5.91 Å². The van der Waals surface area contributed by atoms with Crippen molar-refractivity contribution in [3.63, 3.8) is 0 Å². The van der Waals surface area contributed by atoms with Crippen LogP contribution in [0.3, 0.4) is 0 Å². The van der Waals surface area contributed by atoms with E-state index in [1.807, 2.05) is 0 Å². The van der Waals surface area contributed by atoms with E-state index < -0.39 is 22.6 Å². The number of halogens is 3. The Morgan fingerprint density at radius 2 is 1.79 bits per heavy atom. The average molecular weight is 203 g/mol. The Bertz CT molecular complexity index is 326. The lowest BCUT2D eigenvalue weighted by atomic mass is 10.2. The molecule has 0 aliphatic heterocycles. The van der Waals surface area contributed by atoms with Crippen molar-refractivity contribution in [2.45, 2.75) is 13.0 Å². The molecule has 0 aliphatic rings. The molecule has 1 rings (SSSR count). The second-order valence-corrected chi connectivity index (χ2v) is 2.71. The third-order valence-corrected chi connectivity index (χ3v) is 1.64. The van der Waals surface area contributed by atoms with E-state index in [4.69, 9.17) is 0 Å². The standard InChI is InChI=1S/C9H8F3NO/c1-7(14)13(12)9(10,11)8-5-3-2-4-6-8/h2-6H,1H3. The van der Waals surface area contributed by atoms with Crippen LogP contribution in [0.1, 0.15) is 12.5 Å². The van der Waals surface area contributed by atoms with E-state index >= 15 is 0 Å². The molecule has 0 unspecified atom stereocenters. The van der Waals surface area contributed by atoms with E-state index in [1.54, 1.807) is 0 Å². The van der Waals surface area contributed by atoms with Crippen LogP contribution in [-0.4, -0.2) is 11.0 Å². The van der Waals surface area contributed by atoms with E-state index in [1.165, 1.54) is 18.2 Å². The number of carbonyl (C=O) groups excluding carboxylic acids is 1. The molecule has 0 atom stereocenters. The van der Waals surface area contributed by atoms with E-state index in [0.717, 1.165) is 19.1 Å². The van der Waals surface area contributed by atoms with Crippen LogP contribution < -0.4 is 0 Å². The van der Waals surface area contributed by atoms with Gasteiger partial charge < -0.3 is 0 Å². The number of hydrogen-bond donors (Lipinski definition) is 0. The minimum absolute atomic E-state index is 0.558. The molecule has 76 valence electrons. The fourth-order valence-electron chi connectivity index (χ4n) is 0.950. The van der Waals surface area contributed by atoms with Gasteiger partial charge >= 0.3 is 6.05 Å². The Morgan fingerprint density at radius 3 is 2.21 bits per heavy atom. The first-order chi connectivity index (χ1) is 6.46. The van der Waals surface area contributed by atoms with Crippen LogP contribution in [0, 0.1) is 0 Å². The predicted molar refractivity (Wildman–Crippen MR) is 44.0 cm³/mol. The molecule has 0 fully saturated rings. The first-order valence-electron chi connectivity index (χ1n) is 3.86. The summed E-state index contributed by atoms with van der Waals surface area (Å²) in [7, 11) is 0. The molecule has 0 aromatic heterocycles. The third-order valence-electron chi connectivity index (χ3n) is 1.64. The van der Waals surface area contributed by atoms with E-state index in [9.17, 15) is 18.1 Å². The molecule has 1 aromatic rings. The second-order valence-electron chi connectivity index (χ2n) is 2.71. The van der Waals surface area contributed by atoms with Gasteiger partial charge in [-0.05, 0) is 0 Å². The zero-order valence-corrected chi connectivity index (χ0v) is 7.38. The summed E-state index contributed by atoms with van der Waals surface area (Å²) in [6.45, 7) is 0.733. The van der Waals surface area contributed by atoms with Gasteiger partial charge in [-0.25, -0.2) is 0 Å². The van der Waals surface area contributed by atoms with Crippen LogP contribution in [0.4, 0.5) is 13.3 Å². The van der Waals surface area contributed by atoms with Crippen LogP contribution in [0.15, 0.2) is 30.3 Å². The molecular weight excluding hydrogens is 195 g/mol. The van der Waals surface area contributed by atoms with Crippen LogP contribution >= 0.6 is 0 Å². The Kier molecular flexibility index (Phi) is 2.78. The molecule has 0 radical (unpaired) electrons. The summed E-state index contributed by atoms with van der Waals surface area (Å²) in [5.41, 5.74) is -0.558. The lowest BCUT2D eigenvalue weighted by molar-refractivity contribution is -0.236. The highest BCUT2D eigenvalue weighted by atomic mass is 19.3. The third kappa shape index (κ3) is 1.86. The quantitative estimate of drug-likeness (QED) is 0.534. The summed E-state index contributed by atoms with van der Waals surface area (Å²) in [6.07, 6.45) is 0. The van der Waals surface area contributed by atoms with Gasteiger partial charge in [0.2, 0.25) is 0 Å². The van der Waals surface area contributed by atoms with Crippen molar-refractivity contribution in [1.82, 2.24) is 5.12 Å². The Balaban J connectivity index is 3.02. The zero-order chi connectivity index (χ0) is 10.8. The molecular formula is C9H8F3NO. The van der Waals surface area contributed by atoms with Gasteiger partial charge in [-0.15, -0.1) is 5.12 Å². The van der Waals surface area contributed by atoms with Crippen LogP contribution in [-0.2, 0) is 10.8 Å². The lowest BCUT2D eigenvalue weighted by Crippen LogP contribution is -2.36. The van der Waals surface area contributed by atoms with Gasteiger partial charge in [-0.1, -0.05) is 34.8 Å². The highest BCUT2D eigenvalue weighted by molar-refractivity contribution is 5.72. The van der Waals surface area contributed by atoms with E-state index in [0.29, 0.717) is 0 Å². The average Bonchev–Trinajstić information content (AvgIpc) is 2.18. The summed E-state index contributed by atoms with van der Waals surface area (Å²) in [4.78, 5) is 10.4. The number of amides is 1. The largest absolute Gasteiger partial charge is 0.380 e. The van der Waals surface area contributed by atoms with Gasteiger partial charge in [-0.2, -0.15) is 8.78 Å². The molecule has 1 amide bonds. The molecule has 0 N–H and O–H groups in total. The molecule has 2 nitrogen and oxygen atoms in total. The van der Waals surface area contributed by atoms with Gasteiger partial charge in [0.1, 0.15) is 0 Å². The fraction of sp³-hybridized carbons (Fsp3) is 0.222. The van der Waals surface area contributed by atoms with Crippen molar-refractivity contribution in [2.24, 2.45) is 0 Å². The first-order valence-corrected chi connectivity index (χ1v) is 3.86. The maximum absolute atomic E-state index is 13.1. The lowest BCUT2D eigenvalue weighted by Gasteiger charge is -2.21. The molecule has 0 bridgehead atoms. The van der Waals surface area contributed by atoms with Gasteiger partial charge in [0.15, 0.2) is 0 Å². The van der Waals surface area contributed by atoms with Gasteiger partial charge in [0.25, 0.3) is 5.91 Å². The zero-order valence-electron chi connectivity index (χ0n) is 7.38. The maximum atomic E-state index is 13.1. The topological polar surface area (TPSA) is 20.3 Å². The first kappa shape index (κ1) is 10.6. The van der Waals surface area contributed by atoms with Crippen LogP contribution in [0.2, 0.25) is 0 Å². The number of alkyl halides is 2. The van der Waals surface area contributed by atoms with Gasteiger partial charge in [-0.3, -0.25) is 4.79 Å². The molecule has 0 saturated heterocycles. The van der Waals surface area contributed by atoms with Crippen LogP contribution in [0.25, 0.3) is 0 Å². The number of carbonyl (C=O) groups is 1. The van der Waals surface area contributed by atoms with Crippen LogP contribution in [0.5, 0.6) is 0 Å². The number of nitrogens with zero attached hydrogens (tertiary/aromatic N) is 1.